The van der Waals surface area contributed by atoms with Gasteiger partial charge in [-0.1, -0.05) is 146 Å². The summed E-state index contributed by atoms with van der Waals surface area (Å²) in [6.45, 7) is 0. The molecule has 4 heteroatoms. The first-order chi connectivity index (χ1) is 28.7. The van der Waals surface area contributed by atoms with Crippen molar-refractivity contribution in [2.24, 2.45) is 4.99 Å². The third kappa shape index (κ3) is 7.05. The number of nitrogens with zero attached hydrogens (tertiary/aromatic N) is 3. The third-order valence-corrected chi connectivity index (χ3v) is 10.7. The number of nitrogens with one attached hydrogen (secondary N) is 1. The maximum Gasteiger partial charge on any atom is 0.134 e. The van der Waals surface area contributed by atoms with Gasteiger partial charge in [0.15, 0.2) is 0 Å². The van der Waals surface area contributed by atoms with E-state index in [4.69, 9.17) is 9.98 Å². The highest BCUT2D eigenvalue weighted by Gasteiger charge is 2.26. The molecule has 4 nitrogen and oxygen atoms in total. The van der Waals surface area contributed by atoms with Crippen LogP contribution in [0.5, 0.6) is 0 Å². The molecule has 0 radical (unpaired) electrons. The number of hydrogen-bond acceptors (Lipinski definition) is 4. The Hall–Kier alpha value is -7.87. The van der Waals surface area contributed by atoms with E-state index in [0.29, 0.717) is 0 Å². The second-order valence-electron chi connectivity index (χ2n) is 14.4. The monoisotopic (exact) mass is 740 g/mol. The lowest BCUT2D eigenvalue weighted by molar-refractivity contribution is 0.750. The number of hydrogen-bond donors (Lipinski definition) is 1. The molecule has 1 aliphatic rings. The predicted molar refractivity (Wildman–Crippen MR) is 236 cm³/mol. The Kier molecular flexibility index (Phi) is 9.15. The lowest BCUT2D eigenvalue weighted by Crippen LogP contribution is -2.33. The summed E-state index contributed by atoms with van der Waals surface area (Å²) in [5.74, 6) is 0.791. The average molecular weight is 741 g/mol. The Balaban J connectivity index is 1.13. The first kappa shape index (κ1) is 34.6. The molecule has 10 rings (SSSR count). The highest BCUT2D eigenvalue weighted by atomic mass is 15.1. The van der Waals surface area contributed by atoms with Gasteiger partial charge in [0.25, 0.3) is 0 Å². The molecule has 7 aromatic carbocycles. The van der Waals surface area contributed by atoms with E-state index < -0.39 is 0 Å². The Morgan fingerprint density at radius 3 is 1.78 bits per heavy atom. The summed E-state index contributed by atoms with van der Waals surface area (Å²) in [5.41, 5.74) is 16.6. The molecule has 1 N–H and O–H groups in total. The van der Waals surface area contributed by atoms with Gasteiger partial charge in [-0.3, -0.25) is 4.98 Å². The zero-order valence-corrected chi connectivity index (χ0v) is 31.5. The van der Waals surface area contributed by atoms with Gasteiger partial charge in [0.2, 0.25) is 0 Å². The van der Waals surface area contributed by atoms with E-state index in [1.54, 1.807) is 6.20 Å². The maximum atomic E-state index is 5.36. The summed E-state index contributed by atoms with van der Waals surface area (Å²) in [6, 6.07) is 74.1. The Morgan fingerprint density at radius 1 is 0.448 bits per heavy atom. The fourth-order valence-corrected chi connectivity index (χ4v) is 7.70. The molecule has 0 saturated heterocycles. The lowest BCUT2D eigenvalue weighted by atomic mass is 9.91. The molecule has 0 fully saturated rings. The van der Waals surface area contributed by atoms with E-state index in [9.17, 15) is 0 Å². The number of fused-ring (bicyclic) bond motifs is 1. The smallest absolute Gasteiger partial charge is 0.134 e. The topological polar surface area (TPSA) is 50.2 Å². The number of pyridine rings is 2. The minimum atomic E-state index is -0.116. The number of amidine groups is 1. The maximum absolute atomic E-state index is 5.36. The van der Waals surface area contributed by atoms with E-state index in [-0.39, 0.29) is 6.04 Å². The summed E-state index contributed by atoms with van der Waals surface area (Å²) >= 11 is 0. The minimum Gasteiger partial charge on any atom is -0.359 e. The van der Waals surface area contributed by atoms with Gasteiger partial charge in [-0.15, -0.1) is 0 Å². The van der Waals surface area contributed by atoms with Crippen LogP contribution in [0.25, 0.3) is 67.0 Å². The van der Waals surface area contributed by atoms with Crippen molar-refractivity contribution in [3.8, 4) is 67.0 Å². The molecule has 2 aromatic heterocycles. The van der Waals surface area contributed by atoms with Crippen molar-refractivity contribution in [2.75, 3.05) is 0 Å². The van der Waals surface area contributed by atoms with E-state index in [2.05, 4.69) is 192 Å². The Bertz CT molecular complexity index is 2870. The molecular weight excluding hydrogens is 705 g/mol. The van der Waals surface area contributed by atoms with Gasteiger partial charge in [-0.25, -0.2) is 9.98 Å². The van der Waals surface area contributed by atoms with Crippen LogP contribution < -0.4 is 5.32 Å². The van der Waals surface area contributed by atoms with Crippen molar-refractivity contribution in [2.45, 2.75) is 6.04 Å². The van der Waals surface area contributed by atoms with Crippen LogP contribution in [-0.4, -0.2) is 15.8 Å². The van der Waals surface area contributed by atoms with E-state index >= 15 is 0 Å². The second-order valence-corrected chi connectivity index (χ2v) is 14.4. The van der Waals surface area contributed by atoms with Crippen LogP contribution in [0.1, 0.15) is 22.7 Å². The van der Waals surface area contributed by atoms with Gasteiger partial charge >= 0.3 is 0 Å². The SMILES string of the molecule is c1cccc(-c2cc(-c3ccc(-c4ccccc4)cc3)nc(-c3cc(C4=Nc5ccc(-c6ccccc6)cc5C(c5ccccc5)N4)cc(-c4cccnc4)c3)c2)c#1. The normalized spacial score (nSPS) is 13.1. The quantitative estimate of drug-likeness (QED) is 0.169. The molecule has 58 heavy (non-hydrogen) atoms. The van der Waals surface area contributed by atoms with E-state index in [1.165, 1.54) is 16.7 Å². The second kappa shape index (κ2) is 15.3. The van der Waals surface area contributed by atoms with Crippen molar-refractivity contribution in [1.82, 2.24) is 15.3 Å². The first-order valence-electron chi connectivity index (χ1n) is 19.4. The average Bonchev–Trinajstić information content (AvgIpc) is 3.32. The fraction of sp³-hybridized carbons (Fsp3) is 0.0185. The molecule has 0 saturated carbocycles. The number of aliphatic imine (C=N–C) groups is 1. The van der Waals surface area contributed by atoms with Crippen molar-refractivity contribution >= 4 is 11.5 Å². The van der Waals surface area contributed by atoms with Crippen molar-refractivity contribution in [3.05, 3.63) is 235 Å². The van der Waals surface area contributed by atoms with Crippen LogP contribution in [0.4, 0.5) is 5.69 Å². The predicted octanol–water partition coefficient (Wildman–Crippen LogP) is 12.8. The molecule has 0 aliphatic carbocycles. The van der Waals surface area contributed by atoms with Gasteiger partial charge in [0.1, 0.15) is 5.84 Å². The van der Waals surface area contributed by atoms with Gasteiger partial charge in [0.05, 0.1) is 23.1 Å². The molecule has 272 valence electrons. The van der Waals surface area contributed by atoms with Gasteiger partial charge in [0, 0.05) is 45.8 Å². The third-order valence-electron chi connectivity index (χ3n) is 10.7. The number of aromatic nitrogens is 2. The molecule has 1 unspecified atom stereocenters. The largest absolute Gasteiger partial charge is 0.359 e. The first-order valence-corrected chi connectivity index (χ1v) is 19.4. The highest BCUT2D eigenvalue weighted by molar-refractivity contribution is 6.04. The van der Waals surface area contributed by atoms with E-state index in [0.717, 1.165) is 78.5 Å². The number of rotatable bonds is 8. The Labute approximate surface area is 338 Å². The van der Waals surface area contributed by atoms with Crippen molar-refractivity contribution in [3.63, 3.8) is 0 Å². The molecule has 0 spiro atoms. The van der Waals surface area contributed by atoms with Crippen molar-refractivity contribution < 1.29 is 0 Å². The van der Waals surface area contributed by atoms with E-state index in [1.807, 2.05) is 30.5 Å². The summed E-state index contributed by atoms with van der Waals surface area (Å²) in [5, 5.41) is 3.88. The van der Waals surface area contributed by atoms with Crippen LogP contribution >= 0.6 is 0 Å². The summed E-state index contributed by atoms with van der Waals surface area (Å²) < 4.78 is 0. The standard InChI is InChI=1S/C54H36N4/c1-5-14-37(15-6-1)40-23-25-41(26-24-40)51-34-46(39-18-9-3-10-19-39)35-52(56-51)47-30-45(44-22-13-29-55-36-44)31-48(32-47)54-57-50-28-27-43(38-16-7-2-8-17-38)33-49(50)53(58-54)42-20-11-4-12-21-42/h1-9,11-18,20-36,53H,(H,57,58). The fourth-order valence-electron chi connectivity index (χ4n) is 7.70. The molecule has 1 atom stereocenters. The highest BCUT2D eigenvalue weighted by Crippen LogP contribution is 2.39. The zero-order chi connectivity index (χ0) is 38.7. The summed E-state index contributed by atoms with van der Waals surface area (Å²) in [4.78, 5) is 15.2. The molecule has 1 aliphatic heterocycles. The summed E-state index contributed by atoms with van der Waals surface area (Å²) in [6.07, 6.45) is 3.71. The zero-order valence-electron chi connectivity index (χ0n) is 31.5. The lowest BCUT2D eigenvalue weighted by Gasteiger charge is -2.28. The molecule has 0 amide bonds. The molecule has 0 bridgehead atoms. The number of benzene rings is 6. The van der Waals surface area contributed by atoms with Crippen LogP contribution in [0, 0.1) is 12.1 Å². The van der Waals surface area contributed by atoms with Gasteiger partial charge in [-0.2, -0.15) is 0 Å². The molecule has 9 aromatic rings. The molecule has 3 heterocycles. The van der Waals surface area contributed by atoms with Gasteiger partial charge < -0.3 is 5.32 Å². The van der Waals surface area contributed by atoms with Crippen molar-refractivity contribution in [1.29, 1.82) is 0 Å². The summed E-state index contributed by atoms with van der Waals surface area (Å²) in [7, 11) is 0. The molecular formula is C54H36N4. The van der Waals surface area contributed by atoms with Gasteiger partial charge in [-0.05, 0) is 99.6 Å². The van der Waals surface area contributed by atoms with Crippen LogP contribution in [0.15, 0.2) is 212 Å². The minimum absolute atomic E-state index is 0.116. The Morgan fingerprint density at radius 2 is 1.07 bits per heavy atom. The van der Waals surface area contributed by atoms with Crippen LogP contribution in [0.2, 0.25) is 0 Å². The van der Waals surface area contributed by atoms with Crippen LogP contribution in [0.3, 0.4) is 0 Å². The van der Waals surface area contributed by atoms with Crippen LogP contribution in [-0.2, 0) is 0 Å².